The largest absolute Gasteiger partial charge is 0.251 e. The van der Waals surface area contributed by atoms with Gasteiger partial charge in [-0.25, -0.2) is 0 Å². The molecule has 0 unspecified atom stereocenters. The molecule has 0 saturated heterocycles. The first-order chi connectivity index (χ1) is 15.8. The van der Waals surface area contributed by atoms with Crippen molar-refractivity contribution in [1.82, 2.24) is 0 Å². The van der Waals surface area contributed by atoms with Crippen molar-refractivity contribution in [1.29, 1.82) is 0 Å². The zero-order valence-corrected chi connectivity index (χ0v) is 20.9. The second-order valence-electron chi connectivity index (χ2n) is 11.7. The molecule has 1 aromatic rings. The lowest BCUT2D eigenvalue weighted by Gasteiger charge is -2.41. The summed E-state index contributed by atoms with van der Waals surface area (Å²) in [5.41, 5.74) is 2.94. The van der Waals surface area contributed by atoms with Crippen LogP contribution in [0.2, 0.25) is 0 Å². The van der Waals surface area contributed by atoms with Crippen molar-refractivity contribution >= 4 is 0 Å². The predicted octanol–water partition coefficient (Wildman–Crippen LogP) is 9.67. The Hall–Kier alpha value is -0.850. The zero-order valence-electron chi connectivity index (χ0n) is 20.9. The van der Waals surface area contributed by atoms with E-state index in [1.165, 1.54) is 82.6 Å². The molecule has 0 heterocycles. The van der Waals surface area contributed by atoms with E-state index >= 15 is 0 Å². The molecule has 3 aliphatic carbocycles. The maximum Gasteiger partial charge on any atom is 0.0894 e. The predicted molar refractivity (Wildman–Crippen MR) is 136 cm³/mol. The molecule has 0 amide bonds. The highest BCUT2D eigenvalue weighted by Gasteiger charge is 2.34. The lowest BCUT2D eigenvalue weighted by molar-refractivity contribution is 0.109. The van der Waals surface area contributed by atoms with Crippen LogP contribution < -0.4 is 0 Å². The Morgan fingerprint density at radius 3 is 1.66 bits per heavy atom. The minimum atomic E-state index is -0.178. The van der Waals surface area contributed by atoms with E-state index in [1.807, 2.05) is 0 Å². The second kappa shape index (κ2) is 12.6. The molecule has 0 nitrogen and oxygen atoms in total. The Bertz CT molecular complexity index is 625. The Labute approximate surface area is 198 Å². The molecule has 0 spiro atoms. The summed E-state index contributed by atoms with van der Waals surface area (Å²) in [6.45, 7) is 2.18. The summed E-state index contributed by atoms with van der Waals surface area (Å²) < 4.78 is 12.3. The summed E-state index contributed by atoms with van der Waals surface area (Å²) in [5.74, 6) is 6.00. The molecular formula is C31H49F. The SMILES string of the molecule is CCCC1CCC(C2CCC(C3CCC(c4ccc(CCCCF)cc4)CC3)CC2)CC1. The van der Waals surface area contributed by atoms with Crippen LogP contribution in [0.1, 0.15) is 127 Å². The van der Waals surface area contributed by atoms with E-state index in [2.05, 4.69) is 31.2 Å². The molecule has 3 aliphatic rings. The van der Waals surface area contributed by atoms with E-state index in [-0.39, 0.29) is 6.67 Å². The zero-order chi connectivity index (χ0) is 22.2. The van der Waals surface area contributed by atoms with Crippen LogP contribution in [0.4, 0.5) is 4.39 Å². The standard InChI is InChI=1S/C31H49F/c1-2-5-24-7-11-26(12-8-24)28-15-19-30(20-16-28)31-21-17-29(18-22-31)27-13-9-25(10-14-27)6-3-4-23-32/h9-10,13-14,24,26,28-31H,2-8,11-12,15-23H2,1H3. The fraction of sp³-hybridized carbons (Fsp3) is 0.806. The number of hydrogen-bond donors (Lipinski definition) is 0. The average Bonchev–Trinajstić information content (AvgIpc) is 2.86. The molecule has 0 radical (unpaired) electrons. The van der Waals surface area contributed by atoms with Gasteiger partial charge in [-0.05, 0) is 130 Å². The van der Waals surface area contributed by atoms with Crippen molar-refractivity contribution in [3.63, 3.8) is 0 Å². The molecule has 3 saturated carbocycles. The molecular weight excluding hydrogens is 391 g/mol. The molecule has 0 atom stereocenters. The van der Waals surface area contributed by atoms with Crippen LogP contribution in [-0.2, 0) is 6.42 Å². The molecule has 1 heteroatoms. The number of unbranched alkanes of at least 4 members (excludes halogenated alkanes) is 1. The summed E-state index contributed by atoms with van der Waals surface area (Å²) >= 11 is 0. The molecule has 0 aromatic heterocycles. The number of halogens is 1. The fourth-order valence-electron chi connectivity index (χ4n) is 7.75. The van der Waals surface area contributed by atoms with Gasteiger partial charge in [-0.3, -0.25) is 4.39 Å². The van der Waals surface area contributed by atoms with Gasteiger partial charge in [-0.2, -0.15) is 0 Å². The number of benzene rings is 1. The van der Waals surface area contributed by atoms with Crippen LogP contribution in [-0.4, -0.2) is 6.67 Å². The van der Waals surface area contributed by atoms with Crippen molar-refractivity contribution in [2.45, 2.75) is 122 Å². The highest BCUT2D eigenvalue weighted by molar-refractivity contribution is 5.26. The van der Waals surface area contributed by atoms with Gasteiger partial charge in [0.25, 0.3) is 0 Å². The Balaban J connectivity index is 1.16. The Morgan fingerprint density at radius 2 is 1.16 bits per heavy atom. The minimum Gasteiger partial charge on any atom is -0.251 e. The van der Waals surface area contributed by atoms with Gasteiger partial charge in [0.05, 0.1) is 6.67 Å². The Morgan fingerprint density at radius 1 is 0.656 bits per heavy atom. The third kappa shape index (κ3) is 6.60. The molecule has 3 fully saturated rings. The van der Waals surface area contributed by atoms with Gasteiger partial charge < -0.3 is 0 Å². The lowest BCUT2D eigenvalue weighted by atomic mass is 9.64. The van der Waals surface area contributed by atoms with Gasteiger partial charge in [-0.15, -0.1) is 0 Å². The highest BCUT2D eigenvalue weighted by Crippen LogP contribution is 2.47. The van der Waals surface area contributed by atoms with E-state index in [9.17, 15) is 4.39 Å². The number of rotatable bonds is 9. The molecule has 4 rings (SSSR count). The van der Waals surface area contributed by atoms with E-state index in [4.69, 9.17) is 0 Å². The van der Waals surface area contributed by atoms with Crippen LogP contribution >= 0.6 is 0 Å². The van der Waals surface area contributed by atoms with Crippen molar-refractivity contribution < 1.29 is 4.39 Å². The minimum absolute atomic E-state index is 0.178. The molecule has 180 valence electrons. The topological polar surface area (TPSA) is 0 Å². The summed E-state index contributed by atoms with van der Waals surface area (Å²) in [6.07, 6.45) is 23.6. The Kier molecular flexibility index (Phi) is 9.54. The first-order valence-electron chi connectivity index (χ1n) is 14.4. The van der Waals surface area contributed by atoms with Crippen LogP contribution in [0.5, 0.6) is 0 Å². The normalized spacial score (nSPS) is 33.8. The van der Waals surface area contributed by atoms with Crippen molar-refractivity contribution in [3.8, 4) is 0 Å². The van der Waals surface area contributed by atoms with Gasteiger partial charge in [0.15, 0.2) is 0 Å². The fourth-order valence-corrected chi connectivity index (χ4v) is 7.75. The third-order valence-corrected chi connectivity index (χ3v) is 9.81. The molecule has 0 aliphatic heterocycles. The van der Waals surface area contributed by atoms with Crippen LogP contribution in [0, 0.1) is 29.6 Å². The van der Waals surface area contributed by atoms with Gasteiger partial charge in [0.1, 0.15) is 0 Å². The van der Waals surface area contributed by atoms with E-state index in [0.717, 1.165) is 48.3 Å². The molecule has 0 bridgehead atoms. The maximum absolute atomic E-state index is 12.3. The smallest absolute Gasteiger partial charge is 0.0894 e. The van der Waals surface area contributed by atoms with Crippen molar-refractivity contribution in [2.75, 3.05) is 6.67 Å². The maximum atomic E-state index is 12.3. The van der Waals surface area contributed by atoms with E-state index in [0.29, 0.717) is 6.42 Å². The van der Waals surface area contributed by atoms with Crippen LogP contribution in [0.15, 0.2) is 24.3 Å². The molecule has 1 aromatic carbocycles. The molecule has 0 N–H and O–H groups in total. The van der Waals surface area contributed by atoms with E-state index in [1.54, 1.807) is 18.4 Å². The van der Waals surface area contributed by atoms with Gasteiger partial charge in [0, 0.05) is 0 Å². The van der Waals surface area contributed by atoms with Gasteiger partial charge >= 0.3 is 0 Å². The summed E-state index contributed by atoms with van der Waals surface area (Å²) in [5, 5.41) is 0. The van der Waals surface area contributed by atoms with E-state index < -0.39 is 0 Å². The van der Waals surface area contributed by atoms with Crippen molar-refractivity contribution in [3.05, 3.63) is 35.4 Å². The monoisotopic (exact) mass is 440 g/mol. The van der Waals surface area contributed by atoms with Crippen molar-refractivity contribution in [2.24, 2.45) is 29.6 Å². The highest BCUT2D eigenvalue weighted by atomic mass is 19.1. The van der Waals surface area contributed by atoms with Crippen LogP contribution in [0.3, 0.4) is 0 Å². The van der Waals surface area contributed by atoms with Gasteiger partial charge in [-0.1, -0.05) is 56.9 Å². The summed E-state index contributed by atoms with van der Waals surface area (Å²) in [4.78, 5) is 0. The summed E-state index contributed by atoms with van der Waals surface area (Å²) in [6, 6.07) is 9.35. The number of aryl methyl sites for hydroxylation is 1. The van der Waals surface area contributed by atoms with Gasteiger partial charge in [0.2, 0.25) is 0 Å². The number of hydrogen-bond acceptors (Lipinski definition) is 0. The average molecular weight is 441 g/mol. The lowest BCUT2D eigenvalue weighted by Crippen LogP contribution is -2.29. The second-order valence-corrected chi connectivity index (χ2v) is 11.7. The first-order valence-corrected chi connectivity index (χ1v) is 14.4. The molecule has 32 heavy (non-hydrogen) atoms. The summed E-state index contributed by atoms with van der Waals surface area (Å²) in [7, 11) is 0. The quantitative estimate of drug-likeness (QED) is 0.335. The van der Waals surface area contributed by atoms with Crippen LogP contribution in [0.25, 0.3) is 0 Å². The number of alkyl halides is 1. The first kappa shape index (κ1) is 24.3. The third-order valence-electron chi connectivity index (χ3n) is 9.81.